The first-order valence-electron chi connectivity index (χ1n) is 5.24. The van der Waals surface area contributed by atoms with Crippen molar-refractivity contribution >= 4 is 5.97 Å². The molecule has 1 saturated heterocycles. The Morgan fingerprint density at radius 3 is 2.93 bits per heavy atom. The molecule has 14 heavy (non-hydrogen) atoms. The number of carboxylic acid groups (broad SMARTS) is 1. The van der Waals surface area contributed by atoms with Gasteiger partial charge in [-0.2, -0.15) is 0 Å². The van der Waals surface area contributed by atoms with Crippen molar-refractivity contribution in [1.82, 2.24) is 4.90 Å². The summed E-state index contributed by atoms with van der Waals surface area (Å²) in [6.45, 7) is 6.34. The van der Waals surface area contributed by atoms with E-state index in [1.54, 1.807) is 6.08 Å². The molecule has 1 heterocycles. The van der Waals surface area contributed by atoms with Crippen molar-refractivity contribution in [2.75, 3.05) is 13.1 Å². The van der Waals surface area contributed by atoms with Crippen molar-refractivity contribution in [2.45, 2.75) is 32.7 Å². The second-order valence-corrected chi connectivity index (χ2v) is 4.10. The molecule has 0 aliphatic carbocycles. The number of carbonyl (C=O) groups is 1. The smallest absolute Gasteiger partial charge is 0.328 e. The Balaban J connectivity index is 2.39. The molecular formula is C11H19NO2. The maximum Gasteiger partial charge on any atom is 0.328 e. The van der Waals surface area contributed by atoms with E-state index in [9.17, 15) is 4.79 Å². The number of likely N-dealkylation sites (tertiary alicyclic amines) is 1. The zero-order chi connectivity index (χ0) is 10.6. The summed E-state index contributed by atoms with van der Waals surface area (Å²) in [4.78, 5) is 12.6. The normalized spacial score (nSPS) is 29.6. The molecule has 1 fully saturated rings. The fourth-order valence-electron chi connectivity index (χ4n) is 1.97. The second-order valence-electron chi connectivity index (χ2n) is 4.10. The van der Waals surface area contributed by atoms with Crippen molar-refractivity contribution in [1.29, 1.82) is 0 Å². The molecular weight excluding hydrogens is 178 g/mol. The number of nitrogens with zero attached hydrogens (tertiary/aromatic N) is 1. The van der Waals surface area contributed by atoms with Crippen LogP contribution in [-0.2, 0) is 4.79 Å². The third-order valence-electron chi connectivity index (χ3n) is 3.10. The van der Waals surface area contributed by atoms with E-state index in [0.717, 1.165) is 19.0 Å². The van der Waals surface area contributed by atoms with Crippen molar-refractivity contribution < 1.29 is 9.90 Å². The minimum Gasteiger partial charge on any atom is -0.478 e. The zero-order valence-corrected chi connectivity index (χ0v) is 8.94. The van der Waals surface area contributed by atoms with Gasteiger partial charge in [-0.15, -0.1) is 0 Å². The Morgan fingerprint density at radius 1 is 1.57 bits per heavy atom. The first kappa shape index (κ1) is 11.2. The van der Waals surface area contributed by atoms with Gasteiger partial charge < -0.3 is 5.11 Å². The number of hydrogen-bond acceptors (Lipinski definition) is 2. The van der Waals surface area contributed by atoms with Gasteiger partial charge in [0.25, 0.3) is 0 Å². The van der Waals surface area contributed by atoms with E-state index >= 15 is 0 Å². The molecule has 1 aliphatic rings. The van der Waals surface area contributed by atoms with Gasteiger partial charge in [0.2, 0.25) is 0 Å². The number of rotatable bonds is 3. The zero-order valence-electron chi connectivity index (χ0n) is 8.94. The molecule has 0 aromatic carbocycles. The number of hydrogen-bond donors (Lipinski definition) is 1. The van der Waals surface area contributed by atoms with Crippen LogP contribution in [0.3, 0.4) is 0 Å². The molecule has 1 N–H and O–H groups in total. The largest absolute Gasteiger partial charge is 0.478 e. The summed E-state index contributed by atoms with van der Waals surface area (Å²) in [7, 11) is 0. The van der Waals surface area contributed by atoms with Crippen LogP contribution < -0.4 is 0 Å². The summed E-state index contributed by atoms with van der Waals surface area (Å²) in [5, 5.41) is 8.46. The van der Waals surface area contributed by atoms with Gasteiger partial charge >= 0.3 is 5.97 Å². The van der Waals surface area contributed by atoms with Crippen LogP contribution in [0.2, 0.25) is 0 Å². The summed E-state index contributed by atoms with van der Waals surface area (Å²) in [6.07, 6.45) is 5.48. The van der Waals surface area contributed by atoms with Gasteiger partial charge in [-0.05, 0) is 32.2 Å². The van der Waals surface area contributed by atoms with E-state index in [1.807, 2.05) is 0 Å². The molecule has 0 spiro atoms. The Hall–Kier alpha value is -0.830. The Kier molecular flexibility index (Phi) is 4.14. The van der Waals surface area contributed by atoms with Crippen molar-refractivity contribution in [3.05, 3.63) is 12.2 Å². The molecule has 3 nitrogen and oxygen atoms in total. The van der Waals surface area contributed by atoms with Crippen LogP contribution in [0, 0.1) is 5.92 Å². The fraction of sp³-hybridized carbons (Fsp3) is 0.727. The van der Waals surface area contributed by atoms with E-state index in [-0.39, 0.29) is 0 Å². The number of carboxylic acids is 1. The minimum absolute atomic E-state index is 0.571. The first-order valence-corrected chi connectivity index (χ1v) is 5.24. The summed E-state index contributed by atoms with van der Waals surface area (Å²) in [5.41, 5.74) is 0. The van der Waals surface area contributed by atoms with E-state index in [4.69, 9.17) is 5.11 Å². The SMILES string of the molecule is CC1CCCN(C/C=C/C(=O)O)C1C. The maximum absolute atomic E-state index is 10.3. The lowest BCUT2D eigenvalue weighted by molar-refractivity contribution is -0.131. The van der Waals surface area contributed by atoms with Gasteiger partial charge in [-0.25, -0.2) is 4.79 Å². The lowest BCUT2D eigenvalue weighted by Crippen LogP contribution is -2.42. The molecule has 0 radical (unpaired) electrons. The summed E-state index contributed by atoms with van der Waals surface area (Å²) in [6, 6.07) is 0.571. The molecule has 2 unspecified atom stereocenters. The van der Waals surface area contributed by atoms with Crippen LogP contribution in [0.15, 0.2) is 12.2 Å². The molecule has 80 valence electrons. The molecule has 0 aromatic rings. The van der Waals surface area contributed by atoms with Crippen LogP contribution in [0.25, 0.3) is 0 Å². The van der Waals surface area contributed by atoms with Crippen LogP contribution >= 0.6 is 0 Å². The predicted octanol–water partition coefficient (Wildman–Crippen LogP) is 1.75. The highest BCUT2D eigenvalue weighted by atomic mass is 16.4. The standard InChI is InChI=1S/C11H19NO2/c1-9-5-3-7-12(10(9)2)8-4-6-11(13)14/h4,6,9-10H,3,5,7-8H2,1-2H3,(H,13,14)/b6-4+. The Bertz CT molecular complexity index is 225. The van der Waals surface area contributed by atoms with Gasteiger partial charge in [0.15, 0.2) is 0 Å². The van der Waals surface area contributed by atoms with Crippen LogP contribution in [0.1, 0.15) is 26.7 Å². The lowest BCUT2D eigenvalue weighted by Gasteiger charge is -2.37. The molecule has 0 bridgehead atoms. The van der Waals surface area contributed by atoms with Crippen molar-refractivity contribution in [3.63, 3.8) is 0 Å². The van der Waals surface area contributed by atoms with Gasteiger partial charge in [0, 0.05) is 18.7 Å². The highest BCUT2D eigenvalue weighted by molar-refractivity contribution is 5.79. The average molecular weight is 197 g/mol. The lowest BCUT2D eigenvalue weighted by atomic mass is 9.92. The Morgan fingerprint density at radius 2 is 2.29 bits per heavy atom. The van der Waals surface area contributed by atoms with Gasteiger partial charge in [0.05, 0.1) is 0 Å². The van der Waals surface area contributed by atoms with E-state index in [2.05, 4.69) is 18.7 Å². The van der Waals surface area contributed by atoms with Gasteiger partial charge in [-0.1, -0.05) is 13.0 Å². The van der Waals surface area contributed by atoms with E-state index < -0.39 is 5.97 Å². The second kappa shape index (κ2) is 5.15. The molecule has 0 amide bonds. The third kappa shape index (κ3) is 3.14. The van der Waals surface area contributed by atoms with Gasteiger partial charge in [-0.3, -0.25) is 4.90 Å². The van der Waals surface area contributed by atoms with E-state index in [1.165, 1.54) is 18.9 Å². The molecule has 1 aliphatic heterocycles. The summed E-state index contributed by atoms with van der Waals surface area (Å²) in [5.74, 6) is -0.135. The molecule has 0 aromatic heterocycles. The highest BCUT2D eigenvalue weighted by Gasteiger charge is 2.23. The quantitative estimate of drug-likeness (QED) is 0.701. The summed E-state index contributed by atoms with van der Waals surface area (Å²) < 4.78 is 0. The van der Waals surface area contributed by atoms with Crippen molar-refractivity contribution in [2.24, 2.45) is 5.92 Å². The maximum atomic E-state index is 10.3. The summed E-state index contributed by atoms with van der Waals surface area (Å²) >= 11 is 0. The predicted molar refractivity (Wildman–Crippen MR) is 56.2 cm³/mol. The third-order valence-corrected chi connectivity index (χ3v) is 3.10. The minimum atomic E-state index is -0.859. The Labute approximate surface area is 85.4 Å². The first-order chi connectivity index (χ1) is 6.61. The average Bonchev–Trinajstić information content (AvgIpc) is 2.12. The topological polar surface area (TPSA) is 40.5 Å². The molecule has 2 atom stereocenters. The number of piperidine rings is 1. The van der Waals surface area contributed by atoms with Crippen LogP contribution in [0.5, 0.6) is 0 Å². The van der Waals surface area contributed by atoms with E-state index in [0.29, 0.717) is 6.04 Å². The van der Waals surface area contributed by atoms with Crippen LogP contribution in [-0.4, -0.2) is 35.1 Å². The van der Waals surface area contributed by atoms with Crippen LogP contribution in [0.4, 0.5) is 0 Å². The van der Waals surface area contributed by atoms with Gasteiger partial charge in [0.1, 0.15) is 0 Å². The fourth-order valence-corrected chi connectivity index (χ4v) is 1.97. The molecule has 1 rings (SSSR count). The molecule has 3 heteroatoms. The number of aliphatic carboxylic acids is 1. The highest BCUT2D eigenvalue weighted by Crippen LogP contribution is 2.22. The molecule has 0 saturated carbocycles. The van der Waals surface area contributed by atoms with Crippen molar-refractivity contribution in [3.8, 4) is 0 Å². The monoisotopic (exact) mass is 197 g/mol.